The maximum atomic E-state index is 11.2. The zero-order chi connectivity index (χ0) is 55.3. The number of aldehydes is 1. The van der Waals surface area contributed by atoms with Crippen molar-refractivity contribution in [3.8, 4) is 34.5 Å². The number of hydrogen-bond acceptors (Lipinski definition) is 19. The topological polar surface area (TPSA) is 194 Å². The highest BCUT2D eigenvalue weighted by Crippen LogP contribution is 2.34. The number of fused-ring (bicyclic) bond motifs is 2. The van der Waals surface area contributed by atoms with E-state index in [0.29, 0.717) is 69.0 Å². The van der Waals surface area contributed by atoms with Gasteiger partial charge in [-0.15, -0.1) is 0 Å². The van der Waals surface area contributed by atoms with E-state index in [1.54, 1.807) is 24.5 Å². The second kappa shape index (κ2) is 26.2. The molecule has 8 heterocycles. The fourth-order valence-electron chi connectivity index (χ4n) is 10.4. The number of ether oxygens (including phenoxy) is 4. The standard InChI is InChI=1S/C31H33N7O3.C31H35N7O2/c1-22-20-40-18-16-38(22)30-26-12-14-37(15-17-39)19-27(26)34-29(36-30)24-7-9-25(10-8-24)33-31-32-13-11-28(35-31)41-21-23-5-3-2-4-6-23;1-3-37-16-14-26-27(19-37)34-29(36-30(26)38-17-18-39-20-22(38)2)24-9-11-25(12-10-24)33-31-32-15-13-28(35-31)40-21-23-7-5-4-6-8-23/h2-11,13,17,22H,12,14-16,18-21H2,1H3,(H,32,33,35);4-13,15,22H,3,14,16-21H2,1-2H3,(H,32,33,35)/t2*22-/m00/s1. The van der Waals surface area contributed by atoms with E-state index in [1.165, 1.54) is 11.1 Å². The lowest BCUT2D eigenvalue weighted by Gasteiger charge is -2.37. The normalized spacial score (nSPS) is 17.2. The molecule has 416 valence electrons. The Bertz CT molecular complexity index is 3360. The minimum atomic E-state index is 0.225. The lowest BCUT2D eigenvalue weighted by atomic mass is 10.0. The highest BCUT2D eigenvalue weighted by Gasteiger charge is 2.31. The zero-order valence-electron chi connectivity index (χ0n) is 46.2. The van der Waals surface area contributed by atoms with Gasteiger partial charge in [-0.25, -0.2) is 29.9 Å². The van der Waals surface area contributed by atoms with Crippen LogP contribution in [-0.4, -0.2) is 134 Å². The molecule has 2 atom stereocenters. The Morgan fingerprint density at radius 2 is 1.01 bits per heavy atom. The van der Waals surface area contributed by atoms with Crippen LogP contribution < -0.4 is 29.9 Å². The number of carbonyl (C=O) groups excluding carboxylic acids is 1. The van der Waals surface area contributed by atoms with Crippen molar-refractivity contribution in [3.63, 3.8) is 0 Å². The fraction of sp³-hybridized carbons (Fsp3) is 0.339. The summed E-state index contributed by atoms with van der Waals surface area (Å²) in [5, 5.41) is 6.54. The number of benzene rings is 4. The van der Waals surface area contributed by atoms with Gasteiger partial charge in [-0.05, 0) is 92.9 Å². The minimum absolute atomic E-state index is 0.225. The van der Waals surface area contributed by atoms with Crippen LogP contribution in [0.4, 0.5) is 34.9 Å². The first-order chi connectivity index (χ1) is 39.8. The summed E-state index contributed by atoms with van der Waals surface area (Å²) in [6, 6.07) is 40.1. The van der Waals surface area contributed by atoms with E-state index in [0.717, 1.165) is 134 Å². The van der Waals surface area contributed by atoms with Crippen LogP contribution in [-0.2, 0) is 53.4 Å². The molecule has 81 heavy (non-hydrogen) atoms. The Kier molecular flexibility index (Phi) is 17.6. The van der Waals surface area contributed by atoms with Crippen LogP contribution in [0.5, 0.6) is 11.8 Å². The number of aromatic nitrogens is 8. The number of carbonyl (C=O) groups is 1. The summed E-state index contributed by atoms with van der Waals surface area (Å²) < 4.78 is 23.1. The molecule has 4 aromatic heterocycles. The molecule has 0 aliphatic carbocycles. The first-order valence-electron chi connectivity index (χ1n) is 27.9. The van der Waals surface area contributed by atoms with Crippen molar-refractivity contribution in [2.45, 2.75) is 72.0 Å². The third-order valence-corrected chi connectivity index (χ3v) is 14.8. The van der Waals surface area contributed by atoms with Gasteiger partial charge in [-0.3, -0.25) is 9.80 Å². The van der Waals surface area contributed by atoms with E-state index in [4.69, 9.17) is 38.9 Å². The van der Waals surface area contributed by atoms with Gasteiger partial charge in [-0.1, -0.05) is 67.6 Å². The van der Waals surface area contributed by atoms with Crippen molar-refractivity contribution >= 4 is 41.2 Å². The number of morpholine rings is 2. The van der Waals surface area contributed by atoms with Crippen LogP contribution >= 0.6 is 0 Å². The Balaban J connectivity index is 0.000000170. The summed E-state index contributed by atoms with van der Waals surface area (Å²) in [5.41, 5.74) is 10.3. The van der Waals surface area contributed by atoms with Gasteiger partial charge >= 0.3 is 0 Å². The monoisotopic (exact) mass is 1090 g/mol. The van der Waals surface area contributed by atoms with Gasteiger partial charge < -0.3 is 44.2 Å². The maximum absolute atomic E-state index is 11.2. The van der Waals surface area contributed by atoms with Gasteiger partial charge in [0.25, 0.3) is 0 Å². The Morgan fingerprint density at radius 1 is 0.556 bits per heavy atom. The second-order valence-corrected chi connectivity index (χ2v) is 20.5. The van der Waals surface area contributed by atoms with Gasteiger partial charge in [0, 0.05) is 97.4 Å². The summed E-state index contributed by atoms with van der Waals surface area (Å²) in [6.07, 6.45) is 6.12. The van der Waals surface area contributed by atoms with E-state index in [-0.39, 0.29) is 12.1 Å². The third-order valence-electron chi connectivity index (χ3n) is 14.8. The summed E-state index contributed by atoms with van der Waals surface area (Å²) in [4.78, 5) is 58.4. The molecule has 2 saturated heterocycles. The number of hydrogen-bond donors (Lipinski definition) is 2. The molecule has 0 amide bonds. The first kappa shape index (κ1) is 54.5. The molecule has 4 aliphatic rings. The number of anilines is 6. The van der Waals surface area contributed by atoms with Gasteiger partial charge in [-0.2, -0.15) is 9.97 Å². The van der Waals surface area contributed by atoms with Crippen LogP contribution in [0.3, 0.4) is 0 Å². The zero-order valence-corrected chi connectivity index (χ0v) is 46.2. The molecule has 0 radical (unpaired) electrons. The smallest absolute Gasteiger partial charge is 0.230 e. The molecule has 0 saturated carbocycles. The first-order valence-corrected chi connectivity index (χ1v) is 27.9. The van der Waals surface area contributed by atoms with E-state index >= 15 is 0 Å². The lowest BCUT2D eigenvalue weighted by molar-refractivity contribution is -0.109. The largest absolute Gasteiger partial charge is 0.473 e. The van der Waals surface area contributed by atoms with Crippen LogP contribution in [0.15, 0.2) is 134 Å². The SMILES string of the molecule is CCN1CCc2c(nc(-c3ccc(Nc4nccc(OCc5ccccc5)n4)cc3)nc2N2CCOC[C@@H]2C)C1.C[C@H]1COCCN1c1nc(-c2ccc(Nc3nccc(OCc4ccccc4)n3)cc2)nc2c1CCN(CC=O)C2. The van der Waals surface area contributed by atoms with E-state index in [1.807, 2.05) is 109 Å². The van der Waals surface area contributed by atoms with E-state index in [2.05, 4.69) is 70.9 Å². The molecular formula is C62H68N14O5. The maximum Gasteiger partial charge on any atom is 0.230 e. The van der Waals surface area contributed by atoms with Crippen molar-refractivity contribution in [1.82, 2.24) is 49.7 Å². The van der Waals surface area contributed by atoms with Crippen molar-refractivity contribution in [1.29, 1.82) is 0 Å². The van der Waals surface area contributed by atoms with Gasteiger partial charge in [0.2, 0.25) is 23.7 Å². The van der Waals surface area contributed by atoms with E-state index in [9.17, 15) is 4.79 Å². The molecule has 8 aromatic rings. The molecule has 4 aromatic carbocycles. The number of rotatable bonds is 17. The molecule has 2 fully saturated rings. The third kappa shape index (κ3) is 13.8. The lowest BCUT2D eigenvalue weighted by Crippen LogP contribution is -2.45. The van der Waals surface area contributed by atoms with Gasteiger partial charge in [0.1, 0.15) is 31.1 Å². The number of likely N-dealkylation sites (N-methyl/N-ethyl adjacent to an activating group) is 1. The Hall–Kier alpha value is -8.49. The highest BCUT2D eigenvalue weighted by atomic mass is 16.5. The quantitative estimate of drug-likeness (QED) is 0.0820. The van der Waals surface area contributed by atoms with Crippen LogP contribution in [0.1, 0.15) is 54.4 Å². The van der Waals surface area contributed by atoms with Crippen molar-refractivity contribution in [3.05, 3.63) is 167 Å². The summed E-state index contributed by atoms with van der Waals surface area (Å²) in [5.74, 6) is 5.42. The molecular weight excluding hydrogens is 1020 g/mol. The summed E-state index contributed by atoms with van der Waals surface area (Å²) >= 11 is 0. The molecule has 2 N–H and O–H groups in total. The molecule has 12 rings (SSSR count). The second-order valence-electron chi connectivity index (χ2n) is 20.5. The predicted molar refractivity (Wildman–Crippen MR) is 312 cm³/mol. The Labute approximate surface area is 472 Å². The highest BCUT2D eigenvalue weighted by molar-refractivity contribution is 5.67. The van der Waals surface area contributed by atoms with Crippen molar-refractivity contribution in [2.75, 3.05) is 86.1 Å². The van der Waals surface area contributed by atoms with Crippen LogP contribution in [0.25, 0.3) is 22.8 Å². The summed E-state index contributed by atoms with van der Waals surface area (Å²) in [7, 11) is 0. The molecule has 0 spiro atoms. The number of nitrogens with one attached hydrogen (secondary N) is 2. The molecule has 0 unspecified atom stereocenters. The summed E-state index contributed by atoms with van der Waals surface area (Å²) in [6.45, 7) is 16.7. The predicted octanol–water partition coefficient (Wildman–Crippen LogP) is 8.90. The number of nitrogens with zero attached hydrogens (tertiary/aromatic N) is 12. The van der Waals surface area contributed by atoms with Crippen molar-refractivity contribution < 1.29 is 23.7 Å². The molecule has 19 heteroatoms. The minimum Gasteiger partial charge on any atom is -0.473 e. The van der Waals surface area contributed by atoms with E-state index < -0.39 is 0 Å². The van der Waals surface area contributed by atoms with Gasteiger partial charge in [0.15, 0.2) is 11.6 Å². The van der Waals surface area contributed by atoms with Gasteiger partial charge in [0.05, 0.1) is 56.4 Å². The average molecular weight is 1090 g/mol. The molecule has 0 bridgehead atoms. The van der Waals surface area contributed by atoms with Crippen LogP contribution in [0.2, 0.25) is 0 Å². The molecule has 19 nitrogen and oxygen atoms in total. The fourth-order valence-corrected chi connectivity index (χ4v) is 10.4. The van der Waals surface area contributed by atoms with Crippen molar-refractivity contribution in [2.24, 2.45) is 0 Å². The molecule has 4 aliphatic heterocycles. The van der Waals surface area contributed by atoms with Crippen LogP contribution in [0, 0.1) is 0 Å². The average Bonchev–Trinajstić information content (AvgIpc) is 3.62. The Morgan fingerprint density at radius 3 is 1.46 bits per heavy atom.